The van der Waals surface area contributed by atoms with Gasteiger partial charge in [0, 0.05) is 47.7 Å². The molecule has 6 heteroatoms. The highest BCUT2D eigenvalue weighted by Gasteiger charge is 2.23. The van der Waals surface area contributed by atoms with Crippen LogP contribution in [0.2, 0.25) is 0 Å². The zero-order chi connectivity index (χ0) is 21.4. The molecule has 2 amide bonds. The molecule has 0 saturated carbocycles. The van der Waals surface area contributed by atoms with Gasteiger partial charge in [-0.1, -0.05) is 6.07 Å². The molecule has 2 aromatic carbocycles. The molecule has 0 spiro atoms. The number of anilines is 1. The molecule has 6 nitrogen and oxygen atoms in total. The third kappa shape index (κ3) is 3.80. The first-order valence-electron chi connectivity index (χ1n) is 10.2. The normalized spacial score (nSPS) is 13.1. The van der Waals surface area contributed by atoms with Crippen LogP contribution in [0.15, 0.2) is 71.4 Å². The summed E-state index contributed by atoms with van der Waals surface area (Å²) in [7, 11) is 0. The Kier molecular flexibility index (Phi) is 4.75. The smallest absolute Gasteiger partial charge is 0.255 e. The minimum absolute atomic E-state index is 0.00220. The lowest BCUT2D eigenvalue weighted by Gasteiger charge is -2.29. The number of amides is 2. The number of benzene rings is 2. The summed E-state index contributed by atoms with van der Waals surface area (Å²) in [4.78, 5) is 31.4. The molecule has 0 radical (unpaired) electrons. The Balaban J connectivity index is 1.34. The number of fused-ring (bicyclic) bond motifs is 2. The van der Waals surface area contributed by atoms with E-state index in [-0.39, 0.29) is 11.8 Å². The maximum Gasteiger partial charge on any atom is 0.255 e. The van der Waals surface area contributed by atoms with Gasteiger partial charge in [-0.05, 0) is 73.0 Å². The monoisotopic (exact) mass is 411 g/mol. The molecule has 0 unspecified atom stereocenters. The Labute approximate surface area is 179 Å². The molecule has 154 valence electrons. The summed E-state index contributed by atoms with van der Waals surface area (Å²) in [6, 6.07) is 16.7. The van der Waals surface area contributed by atoms with E-state index in [1.54, 1.807) is 24.5 Å². The number of nitrogens with zero attached hydrogens (tertiary/aromatic N) is 2. The van der Waals surface area contributed by atoms with Gasteiger partial charge in [-0.15, -0.1) is 0 Å². The van der Waals surface area contributed by atoms with Crippen LogP contribution in [-0.4, -0.2) is 28.2 Å². The first-order valence-corrected chi connectivity index (χ1v) is 10.2. The van der Waals surface area contributed by atoms with Gasteiger partial charge in [0.2, 0.25) is 0 Å². The van der Waals surface area contributed by atoms with Crippen molar-refractivity contribution in [3.63, 3.8) is 0 Å². The molecule has 1 aliphatic rings. The number of carbonyl (C=O) groups is 2. The topological polar surface area (TPSA) is 75.4 Å². The fourth-order valence-electron chi connectivity index (χ4n) is 4.01. The average Bonchev–Trinajstić information content (AvgIpc) is 3.18. The number of carbonyl (C=O) groups excluding carboxylic acids is 2. The number of furan rings is 1. The van der Waals surface area contributed by atoms with E-state index in [0.717, 1.165) is 28.7 Å². The Morgan fingerprint density at radius 1 is 0.968 bits per heavy atom. The van der Waals surface area contributed by atoms with Crippen molar-refractivity contribution in [1.82, 2.24) is 9.88 Å². The second kappa shape index (κ2) is 7.72. The molecule has 2 aromatic heterocycles. The highest BCUT2D eigenvalue weighted by atomic mass is 16.3. The van der Waals surface area contributed by atoms with E-state index in [1.165, 1.54) is 5.56 Å². The van der Waals surface area contributed by atoms with Crippen LogP contribution in [0.4, 0.5) is 5.69 Å². The van der Waals surface area contributed by atoms with Gasteiger partial charge in [-0.2, -0.15) is 0 Å². The summed E-state index contributed by atoms with van der Waals surface area (Å²) in [5.74, 6) is 0.639. The second-order valence-electron chi connectivity index (χ2n) is 7.76. The van der Waals surface area contributed by atoms with Crippen molar-refractivity contribution in [2.75, 3.05) is 11.9 Å². The van der Waals surface area contributed by atoms with Gasteiger partial charge in [0.1, 0.15) is 11.3 Å². The van der Waals surface area contributed by atoms with Crippen molar-refractivity contribution < 1.29 is 14.0 Å². The molecule has 0 aliphatic carbocycles. The van der Waals surface area contributed by atoms with Gasteiger partial charge in [-0.25, -0.2) is 0 Å². The lowest BCUT2D eigenvalue weighted by molar-refractivity contribution is 0.0734. The van der Waals surface area contributed by atoms with Gasteiger partial charge >= 0.3 is 0 Å². The number of nitrogens with one attached hydrogen (secondary N) is 1. The van der Waals surface area contributed by atoms with Crippen LogP contribution in [-0.2, 0) is 13.0 Å². The summed E-state index contributed by atoms with van der Waals surface area (Å²) in [6.45, 7) is 3.07. The third-order valence-corrected chi connectivity index (χ3v) is 5.59. The van der Waals surface area contributed by atoms with Gasteiger partial charge in [0.05, 0.1) is 0 Å². The van der Waals surface area contributed by atoms with Crippen LogP contribution < -0.4 is 5.32 Å². The van der Waals surface area contributed by atoms with Gasteiger partial charge in [0.25, 0.3) is 11.8 Å². The minimum Gasteiger partial charge on any atom is -0.461 e. The molecule has 0 fully saturated rings. The third-order valence-electron chi connectivity index (χ3n) is 5.59. The molecule has 1 aliphatic heterocycles. The molecule has 1 N–H and O–H groups in total. The molecule has 0 saturated heterocycles. The number of rotatable bonds is 3. The zero-order valence-electron chi connectivity index (χ0n) is 17.1. The van der Waals surface area contributed by atoms with Crippen molar-refractivity contribution >= 4 is 28.5 Å². The van der Waals surface area contributed by atoms with Crippen molar-refractivity contribution in [3.05, 3.63) is 95.0 Å². The summed E-state index contributed by atoms with van der Waals surface area (Å²) in [5.41, 5.74) is 4.95. The lowest BCUT2D eigenvalue weighted by atomic mass is 9.98. The number of aromatic nitrogens is 1. The molecule has 31 heavy (non-hydrogen) atoms. The minimum atomic E-state index is -0.185. The van der Waals surface area contributed by atoms with Crippen molar-refractivity contribution in [2.24, 2.45) is 0 Å². The fourth-order valence-corrected chi connectivity index (χ4v) is 4.01. The van der Waals surface area contributed by atoms with Crippen molar-refractivity contribution in [1.29, 1.82) is 0 Å². The van der Waals surface area contributed by atoms with Gasteiger partial charge in [0.15, 0.2) is 0 Å². The van der Waals surface area contributed by atoms with E-state index in [9.17, 15) is 9.59 Å². The Morgan fingerprint density at radius 2 is 1.81 bits per heavy atom. The Morgan fingerprint density at radius 3 is 2.65 bits per heavy atom. The number of hydrogen-bond acceptors (Lipinski definition) is 4. The Hall–Kier alpha value is -3.93. The summed E-state index contributed by atoms with van der Waals surface area (Å²) in [6.07, 6.45) is 3.97. The highest BCUT2D eigenvalue weighted by Crippen LogP contribution is 2.26. The Bertz CT molecular complexity index is 1290. The van der Waals surface area contributed by atoms with E-state index in [0.29, 0.717) is 29.9 Å². The van der Waals surface area contributed by atoms with Crippen LogP contribution >= 0.6 is 0 Å². The first-order chi connectivity index (χ1) is 15.1. The predicted molar refractivity (Wildman–Crippen MR) is 118 cm³/mol. The van der Waals surface area contributed by atoms with Crippen molar-refractivity contribution in [3.8, 4) is 0 Å². The fraction of sp³-hybridized carbons (Fsp3) is 0.160. The quantitative estimate of drug-likeness (QED) is 0.535. The maximum atomic E-state index is 13.1. The van der Waals surface area contributed by atoms with Crippen LogP contribution in [0.1, 0.15) is 37.6 Å². The van der Waals surface area contributed by atoms with Gasteiger partial charge < -0.3 is 14.6 Å². The number of aryl methyl sites for hydroxylation is 1. The van der Waals surface area contributed by atoms with E-state index in [1.807, 2.05) is 54.3 Å². The largest absolute Gasteiger partial charge is 0.461 e. The van der Waals surface area contributed by atoms with E-state index in [4.69, 9.17) is 4.42 Å². The predicted octanol–water partition coefficient (Wildman–Crippen LogP) is 4.59. The first kappa shape index (κ1) is 19.1. The molecule has 5 rings (SSSR count). The highest BCUT2D eigenvalue weighted by molar-refractivity contribution is 6.04. The number of hydrogen-bond donors (Lipinski definition) is 1. The van der Waals surface area contributed by atoms with Crippen molar-refractivity contribution in [2.45, 2.75) is 19.9 Å². The molecule has 0 bridgehead atoms. The zero-order valence-corrected chi connectivity index (χ0v) is 17.1. The molecule has 3 heterocycles. The van der Waals surface area contributed by atoms with Crippen LogP contribution in [0.25, 0.3) is 11.0 Å². The van der Waals surface area contributed by atoms with Crippen LogP contribution in [0.3, 0.4) is 0 Å². The average molecular weight is 411 g/mol. The summed E-state index contributed by atoms with van der Waals surface area (Å²) >= 11 is 0. The van der Waals surface area contributed by atoms with Crippen LogP contribution in [0, 0.1) is 6.92 Å². The molecule has 4 aromatic rings. The van der Waals surface area contributed by atoms with Crippen LogP contribution in [0.5, 0.6) is 0 Å². The lowest BCUT2D eigenvalue weighted by Crippen LogP contribution is -2.36. The van der Waals surface area contributed by atoms with E-state index in [2.05, 4.69) is 10.3 Å². The molecule has 0 atom stereocenters. The van der Waals surface area contributed by atoms with E-state index >= 15 is 0 Å². The number of pyridine rings is 1. The van der Waals surface area contributed by atoms with Gasteiger partial charge in [-0.3, -0.25) is 14.6 Å². The molecular weight excluding hydrogens is 390 g/mol. The SMILES string of the molecule is Cc1cc2cc(C(=O)N3CCc4ccc(NC(=O)c5ccncc5)cc4C3)ccc2o1. The summed E-state index contributed by atoms with van der Waals surface area (Å²) < 4.78 is 5.61. The maximum absolute atomic E-state index is 13.1. The molecular formula is C25H21N3O3. The standard InChI is InChI=1S/C25H21N3O3/c1-16-12-20-13-19(3-5-23(20)31-16)25(30)28-11-8-17-2-4-22(14-21(17)15-28)27-24(29)18-6-9-26-10-7-18/h2-7,9-10,12-14H,8,11,15H2,1H3,(H,27,29). The van der Waals surface area contributed by atoms with E-state index < -0.39 is 0 Å². The second-order valence-corrected chi connectivity index (χ2v) is 7.76. The summed E-state index contributed by atoms with van der Waals surface area (Å²) in [5, 5.41) is 3.86.